The summed E-state index contributed by atoms with van der Waals surface area (Å²) in [7, 11) is 0. The van der Waals surface area contributed by atoms with E-state index in [1.165, 1.54) is 0 Å². The Morgan fingerprint density at radius 2 is 2.07 bits per heavy atom. The van der Waals surface area contributed by atoms with Gasteiger partial charge in [-0.2, -0.15) is 0 Å². The molecule has 1 N–H and O–H groups in total. The summed E-state index contributed by atoms with van der Waals surface area (Å²) < 4.78 is 5.44. The van der Waals surface area contributed by atoms with Crippen LogP contribution in [0.3, 0.4) is 0 Å². The Labute approximate surface area is 169 Å². The van der Waals surface area contributed by atoms with Gasteiger partial charge in [-0.05, 0) is 38.3 Å². The van der Waals surface area contributed by atoms with Gasteiger partial charge in [0, 0.05) is 31.9 Å². The van der Waals surface area contributed by atoms with Gasteiger partial charge < -0.3 is 10.1 Å². The van der Waals surface area contributed by atoms with Gasteiger partial charge in [-0.1, -0.05) is 29.3 Å². The molecule has 0 aliphatic carbocycles. The first-order valence-corrected chi connectivity index (χ1v) is 9.41. The molecule has 1 fully saturated rings. The standard InChI is InChI=1S/C19H24Cl2N4O2/c1-13(11-23-14(2)22-3)17(25-7-9-27-10-8-25)12-24-19(26)15-5-4-6-16(20)18(15)21/h4-6,11,17H,3,7-10,12H2,1-2H3,(H,24,26)/b13-11+,23-14?. The third kappa shape index (κ3) is 6.14. The molecule has 8 heteroatoms. The van der Waals surface area contributed by atoms with Gasteiger partial charge in [-0.3, -0.25) is 9.69 Å². The van der Waals surface area contributed by atoms with Gasteiger partial charge >= 0.3 is 0 Å². The third-order valence-corrected chi connectivity index (χ3v) is 5.17. The number of ether oxygens (including phenoxy) is 1. The molecule has 1 atom stereocenters. The van der Waals surface area contributed by atoms with E-state index in [4.69, 9.17) is 27.9 Å². The molecule has 27 heavy (non-hydrogen) atoms. The second-order valence-electron chi connectivity index (χ2n) is 6.18. The number of carbonyl (C=O) groups is 1. The fraction of sp³-hybridized carbons (Fsp3) is 0.421. The maximum atomic E-state index is 12.6. The van der Waals surface area contributed by atoms with Crippen LogP contribution >= 0.6 is 23.2 Å². The van der Waals surface area contributed by atoms with E-state index in [9.17, 15) is 4.79 Å². The molecule has 1 heterocycles. The lowest BCUT2D eigenvalue weighted by Gasteiger charge is -2.35. The van der Waals surface area contributed by atoms with Crippen LogP contribution in [-0.4, -0.2) is 62.3 Å². The van der Waals surface area contributed by atoms with Gasteiger partial charge in [0.2, 0.25) is 0 Å². The first-order chi connectivity index (χ1) is 12.9. The van der Waals surface area contributed by atoms with E-state index in [1.54, 1.807) is 31.3 Å². The van der Waals surface area contributed by atoms with Crippen LogP contribution in [0.5, 0.6) is 0 Å². The highest BCUT2D eigenvalue weighted by atomic mass is 35.5. The molecular weight excluding hydrogens is 387 g/mol. The molecule has 1 saturated heterocycles. The molecule has 1 aromatic carbocycles. The highest BCUT2D eigenvalue weighted by Crippen LogP contribution is 2.25. The van der Waals surface area contributed by atoms with Crippen molar-refractivity contribution >= 4 is 41.7 Å². The number of carbonyl (C=O) groups excluding carboxylic acids is 1. The molecule has 0 spiro atoms. The van der Waals surface area contributed by atoms with Gasteiger partial charge in [0.05, 0.1) is 28.8 Å². The molecule has 0 aromatic heterocycles. The van der Waals surface area contributed by atoms with Crippen LogP contribution in [-0.2, 0) is 4.74 Å². The maximum Gasteiger partial charge on any atom is 0.252 e. The van der Waals surface area contributed by atoms with Crippen molar-refractivity contribution in [1.29, 1.82) is 0 Å². The number of amidine groups is 1. The van der Waals surface area contributed by atoms with Crippen molar-refractivity contribution in [3.05, 3.63) is 45.6 Å². The lowest BCUT2D eigenvalue weighted by atomic mass is 10.1. The minimum Gasteiger partial charge on any atom is -0.379 e. The number of halogens is 2. The van der Waals surface area contributed by atoms with E-state index >= 15 is 0 Å². The van der Waals surface area contributed by atoms with Gasteiger partial charge in [0.25, 0.3) is 5.91 Å². The van der Waals surface area contributed by atoms with Crippen molar-refractivity contribution in [2.24, 2.45) is 9.98 Å². The normalized spacial score (nSPS) is 17.5. The van der Waals surface area contributed by atoms with Gasteiger partial charge in [0.15, 0.2) is 0 Å². The van der Waals surface area contributed by atoms with Crippen LogP contribution in [0.15, 0.2) is 40.0 Å². The highest BCUT2D eigenvalue weighted by Gasteiger charge is 2.23. The monoisotopic (exact) mass is 410 g/mol. The van der Waals surface area contributed by atoms with Crippen molar-refractivity contribution < 1.29 is 9.53 Å². The third-order valence-electron chi connectivity index (χ3n) is 4.35. The zero-order valence-electron chi connectivity index (χ0n) is 15.5. The lowest BCUT2D eigenvalue weighted by molar-refractivity contribution is 0.0236. The van der Waals surface area contributed by atoms with E-state index in [1.807, 2.05) is 6.92 Å². The van der Waals surface area contributed by atoms with Crippen LogP contribution in [0.2, 0.25) is 10.0 Å². The minimum atomic E-state index is -0.263. The molecular formula is C19H24Cl2N4O2. The number of hydrogen-bond acceptors (Lipinski definition) is 4. The molecule has 0 radical (unpaired) electrons. The zero-order chi connectivity index (χ0) is 19.8. The fourth-order valence-electron chi connectivity index (χ4n) is 2.75. The fourth-order valence-corrected chi connectivity index (χ4v) is 3.14. The predicted molar refractivity (Wildman–Crippen MR) is 111 cm³/mol. The Morgan fingerprint density at radius 1 is 1.37 bits per heavy atom. The van der Waals surface area contributed by atoms with E-state index in [0.717, 1.165) is 18.7 Å². The van der Waals surface area contributed by atoms with E-state index in [0.29, 0.717) is 36.2 Å². The Bertz CT molecular complexity index is 743. The second-order valence-corrected chi connectivity index (χ2v) is 6.97. The van der Waals surface area contributed by atoms with Crippen LogP contribution in [0.1, 0.15) is 24.2 Å². The summed E-state index contributed by atoms with van der Waals surface area (Å²) in [6, 6.07) is 4.99. The van der Waals surface area contributed by atoms with Crippen molar-refractivity contribution in [2.45, 2.75) is 19.9 Å². The summed E-state index contributed by atoms with van der Waals surface area (Å²) >= 11 is 12.2. The number of aliphatic imine (C=N–C) groups is 2. The van der Waals surface area contributed by atoms with E-state index in [2.05, 4.69) is 26.9 Å². The predicted octanol–water partition coefficient (Wildman–Crippen LogP) is 3.45. The maximum absolute atomic E-state index is 12.6. The van der Waals surface area contributed by atoms with E-state index < -0.39 is 0 Å². The first kappa shape index (κ1) is 21.6. The number of morpholine rings is 1. The second kappa shape index (κ2) is 10.6. The Morgan fingerprint density at radius 3 is 2.74 bits per heavy atom. The van der Waals surface area contributed by atoms with Crippen molar-refractivity contribution in [2.75, 3.05) is 32.8 Å². The topological polar surface area (TPSA) is 66.3 Å². The van der Waals surface area contributed by atoms with Crippen molar-refractivity contribution in [3.63, 3.8) is 0 Å². The van der Waals surface area contributed by atoms with Crippen LogP contribution < -0.4 is 5.32 Å². The number of benzene rings is 1. The number of nitrogens with one attached hydrogen (secondary N) is 1. The van der Waals surface area contributed by atoms with E-state index in [-0.39, 0.29) is 17.0 Å². The van der Waals surface area contributed by atoms with Gasteiger partial charge in [-0.15, -0.1) is 0 Å². The average Bonchev–Trinajstić information content (AvgIpc) is 2.68. The zero-order valence-corrected chi connectivity index (χ0v) is 17.1. The molecule has 1 amide bonds. The minimum absolute atomic E-state index is 0.0165. The van der Waals surface area contributed by atoms with Crippen LogP contribution in [0.25, 0.3) is 0 Å². The average molecular weight is 411 g/mol. The quantitative estimate of drug-likeness (QED) is 0.576. The Balaban J connectivity index is 2.14. The number of nitrogens with zero attached hydrogens (tertiary/aromatic N) is 3. The molecule has 1 aliphatic rings. The SMILES string of the molecule is C=NC(C)=N/C=C(\C)C(CNC(=O)c1cccc(Cl)c1Cl)N1CCOCC1. The Kier molecular flexibility index (Phi) is 8.44. The highest BCUT2D eigenvalue weighted by molar-refractivity contribution is 6.43. The number of hydrogen-bond donors (Lipinski definition) is 1. The molecule has 146 valence electrons. The summed E-state index contributed by atoms with van der Waals surface area (Å²) in [4.78, 5) is 22.9. The first-order valence-electron chi connectivity index (χ1n) is 8.65. The lowest BCUT2D eigenvalue weighted by Crippen LogP contribution is -2.49. The van der Waals surface area contributed by atoms with Crippen LogP contribution in [0, 0.1) is 0 Å². The van der Waals surface area contributed by atoms with Gasteiger partial charge in [0.1, 0.15) is 5.84 Å². The molecule has 6 nitrogen and oxygen atoms in total. The molecule has 2 rings (SSSR count). The summed E-state index contributed by atoms with van der Waals surface area (Å²) in [6.45, 7) is 10.5. The van der Waals surface area contributed by atoms with Gasteiger partial charge in [-0.25, -0.2) is 9.98 Å². The van der Waals surface area contributed by atoms with Crippen LogP contribution in [0.4, 0.5) is 0 Å². The summed E-state index contributed by atoms with van der Waals surface area (Å²) in [6.07, 6.45) is 1.77. The summed E-state index contributed by atoms with van der Waals surface area (Å²) in [5, 5.41) is 3.56. The molecule has 0 saturated carbocycles. The molecule has 1 aliphatic heterocycles. The molecule has 1 aromatic rings. The summed E-state index contributed by atoms with van der Waals surface area (Å²) in [5.74, 6) is 0.325. The number of amides is 1. The van der Waals surface area contributed by atoms with Crippen molar-refractivity contribution in [1.82, 2.24) is 10.2 Å². The molecule has 1 unspecified atom stereocenters. The summed E-state index contributed by atoms with van der Waals surface area (Å²) in [5.41, 5.74) is 1.37. The Hall–Kier alpha value is -1.73. The smallest absolute Gasteiger partial charge is 0.252 e. The molecule has 0 bridgehead atoms. The van der Waals surface area contributed by atoms with Crippen molar-refractivity contribution in [3.8, 4) is 0 Å². The number of rotatable bonds is 6. The largest absolute Gasteiger partial charge is 0.379 e.